The van der Waals surface area contributed by atoms with E-state index < -0.39 is 12.3 Å². The summed E-state index contributed by atoms with van der Waals surface area (Å²) in [6.07, 6.45) is -2.72. The summed E-state index contributed by atoms with van der Waals surface area (Å²) in [5, 5.41) is 6.26. The zero-order valence-electron chi connectivity index (χ0n) is 4.72. The highest BCUT2D eigenvalue weighted by Crippen LogP contribution is 2.16. The highest BCUT2D eigenvalue weighted by molar-refractivity contribution is 6.16. The number of halogens is 3. The maximum absolute atomic E-state index is 11.7. The van der Waals surface area contributed by atoms with Crippen LogP contribution in [0, 0.1) is 0 Å². The van der Waals surface area contributed by atoms with E-state index in [1.807, 2.05) is 0 Å². The van der Waals surface area contributed by atoms with Gasteiger partial charge in [-0.05, 0) is 0 Å². The summed E-state index contributed by atoms with van der Waals surface area (Å²) in [6.45, 7) is 0. The normalized spacial score (nSPS) is 10.8. The van der Waals surface area contributed by atoms with Gasteiger partial charge in [-0.2, -0.15) is 8.78 Å². The number of hydrogen-bond acceptors (Lipinski definition) is 3. The molecule has 0 bridgehead atoms. The van der Waals surface area contributed by atoms with E-state index in [4.69, 9.17) is 11.6 Å². The molecule has 1 aromatic heterocycles. The highest BCUT2D eigenvalue weighted by Gasteiger charge is 2.14. The molecule has 0 atom stereocenters. The molecule has 0 saturated carbocycles. The van der Waals surface area contributed by atoms with E-state index in [0.29, 0.717) is 0 Å². The largest absolute Gasteiger partial charge is 0.418 e. The van der Waals surface area contributed by atoms with Crippen molar-refractivity contribution < 1.29 is 13.2 Å². The van der Waals surface area contributed by atoms with Crippen LogP contribution in [-0.2, 0) is 5.88 Å². The lowest BCUT2D eigenvalue weighted by Gasteiger charge is -1.85. The predicted octanol–water partition coefficient (Wildman–Crippen LogP) is 1.75. The van der Waals surface area contributed by atoms with Crippen LogP contribution >= 0.6 is 11.6 Å². The first kappa shape index (κ1) is 7.40. The van der Waals surface area contributed by atoms with Crippen LogP contribution in [-0.4, -0.2) is 10.2 Å². The zero-order chi connectivity index (χ0) is 7.56. The molecule has 0 aliphatic carbocycles. The average Bonchev–Trinajstić information content (AvgIpc) is 2.34. The van der Waals surface area contributed by atoms with E-state index in [9.17, 15) is 8.78 Å². The van der Waals surface area contributed by atoms with Crippen LogP contribution in [0.1, 0.15) is 18.2 Å². The van der Waals surface area contributed by atoms with Gasteiger partial charge in [0.05, 0.1) is 0 Å². The summed E-state index contributed by atoms with van der Waals surface area (Å²) >= 11 is 5.20. The molecule has 1 heterocycles. The Labute approximate surface area is 60.0 Å². The Kier molecular flexibility index (Phi) is 2.16. The van der Waals surface area contributed by atoms with Crippen LogP contribution in [0.25, 0.3) is 0 Å². The predicted molar refractivity (Wildman–Crippen MR) is 28.8 cm³/mol. The second kappa shape index (κ2) is 2.92. The summed E-state index contributed by atoms with van der Waals surface area (Å²) in [5.41, 5.74) is 0. The monoisotopic (exact) mass is 168 g/mol. The number of aromatic nitrogens is 2. The number of alkyl halides is 3. The Morgan fingerprint density at radius 2 is 2.20 bits per heavy atom. The summed E-state index contributed by atoms with van der Waals surface area (Å²) in [4.78, 5) is 0. The zero-order valence-corrected chi connectivity index (χ0v) is 5.48. The van der Waals surface area contributed by atoms with Crippen LogP contribution in [0.15, 0.2) is 4.42 Å². The molecular formula is C4H3ClF2N2O. The van der Waals surface area contributed by atoms with Gasteiger partial charge in [-0.1, -0.05) is 0 Å². The number of nitrogens with zero attached hydrogens (tertiary/aromatic N) is 2. The van der Waals surface area contributed by atoms with Crippen molar-refractivity contribution in [3.8, 4) is 0 Å². The second-order valence-corrected chi connectivity index (χ2v) is 1.74. The molecule has 0 unspecified atom stereocenters. The molecule has 0 aromatic carbocycles. The average molecular weight is 169 g/mol. The summed E-state index contributed by atoms with van der Waals surface area (Å²) in [7, 11) is 0. The molecule has 0 spiro atoms. The Morgan fingerprint density at radius 3 is 2.50 bits per heavy atom. The van der Waals surface area contributed by atoms with E-state index in [0.717, 1.165) is 0 Å². The number of hydrogen-bond donors (Lipinski definition) is 0. The fraction of sp³-hybridized carbons (Fsp3) is 0.500. The summed E-state index contributed by atoms with van der Waals surface area (Å²) in [5.74, 6) is -0.715. The van der Waals surface area contributed by atoms with Crippen molar-refractivity contribution in [2.75, 3.05) is 0 Å². The molecule has 0 aliphatic heterocycles. The van der Waals surface area contributed by atoms with Gasteiger partial charge in [0, 0.05) is 0 Å². The summed E-state index contributed by atoms with van der Waals surface area (Å²) < 4.78 is 27.7. The van der Waals surface area contributed by atoms with Crippen molar-refractivity contribution in [2.45, 2.75) is 12.3 Å². The minimum Gasteiger partial charge on any atom is -0.418 e. The smallest absolute Gasteiger partial charge is 0.314 e. The van der Waals surface area contributed by atoms with Gasteiger partial charge in [0.15, 0.2) is 0 Å². The van der Waals surface area contributed by atoms with Crippen LogP contribution < -0.4 is 0 Å². The molecule has 0 saturated heterocycles. The van der Waals surface area contributed by atoms with E-state index in [1.54, 1.807) is 0 Å². The molecular weight excluding hydrogens is 166 g/mol. The van der Waals surface area contributed by atoms with Gasteiger partial charge in [-0.25, -0.2) is 0 Å². The van der Waals surface area contributed by atoms with Gasteiger partial charge in [0.2, 0.25) is 5.89 Å². The minimum absolute atomic E-state index is 0.0111. The lowest BCUT2D eigenvalue weighted by molar-refractivity contribution is 0.113. The molecule has 1 aromatic rings. The molecule has 0 aliphatic rings. The van der Waals surface area contributed by atoms with Crippen molar-refractivity contribution >= 4 is 11.6 Å². The lowest BCUT2D eigenvalue weighted by atomic mass is 10.7. The molecule has 56 valence electrons. The first-order valence-corrected chi connectivity index (χ1v) is 2.94. The molecule has 3 nitrogen and oxygen atoms in total. The molecule has 6 heteroatoms. The topological polar surface area (TPSA) is 38.9 Å². The van der Waals surface area contributed by atoms with Crippen molar-refractivity contribution in [1.29, 1.82) is 0 Å². The van der Waals surface area contributed by atoms with Gasteiger partial charge in [0.25, 0.3) is 5.89 Å². The Hall–Kier alpha value is -0.710. The maximum atomic E-state index is 11.7. The summed E-state index contributed by atoms with van der Waals surface area (Å²) in [6, 6.07) is 0. The molecule has 0 N–H and O–H groups in total. The first-order valence-electron chi connectivity index (χ1n) is 2.40. The van der Waals surface area contributed by atoms with Crippen molar-refractivity contribution in [2.24, 2.45) is 0 Å². The fourth-order valence-corrected chi connectivity index (χ4v) is 0.517. The Morgan fingerprint density at radius 1 is 1.50 bits per heavy atom. The van der Waals surface area contributed by atoms with Crippen molar-refractivity contribution in [1.82, 2.24) is 10.2 Å². The second-order valence-electron chi connectivity index (χ2n) is 1.47. The molecule has 0 radical (unpaired) electrons. The van der Waals surface area contributed by atoms with E-state index in [2.05, 4.69) is 14.6 Å². The van der Waals surface area contributed by atoms with Crippen LogP contribution in [0.5, 0.6) is 0 Å². The van der Waals surface area contributed by atoms with E-state index in [-0.39, 0.29) is 11.8 Å². The lowest BCUT2D eigenvalue weighted by Crippen LogP contribution is -1.81. The number of rotatable bonds is 2. The van der Waals surface area contributed by atoms with Gasteiger partial charge < -0.3 is 4.42 Å². The fourth-order valence-electron chi connectivity index (χ4n) is 0.409. The quantitative estimate of drug-likeness (QED) is 0.632. The van der Waals surface area contributed by atoms with Gasteiger partial charge in [-0.3, -0.25) is 0 Å². The SMILES string of the molecule is FC(F)c1nnc(CCl)o1. The van der Waals surface area contributed by atoms with E-state index >= 15 is 0 Å². The molecule has 0 amide bonds. The molecule has 0 fully saturated rings. The minimum atomic E-state index is -2.72. The Bertz CT molecular complexity index is 215. The third-order valence-corrected chi connectivity index (χ3v) is 1.01. The highest BCUT2D eigenvalue weighted by atomic mass is 35.5. The van der Waals surface area contributed by atoms with Crippen LogP contribution in [0.4, 0.5) is 8.78 Å². The molecule has 10 heavy (non-hydrogen) atoms. The van der Waals surface area contributed by atoms with Crippen LogP contribution in [0.3, 0.4) is 0 Å². The van der Waals surface area contributed by atoms with Gasteiger partial charge in [-0.15, -0.1) is 21.8 Å². The van der Waals surface area contributed by atoms with Crippen LogP contribution in [0.2, 0.25) is 0 Å². The third kappa shape index (κ3) is 1.41. The van der Waals surface area contributed by atoms with Crippen molar-refractivity contribution in [3.05, 3.63) is 11.8 Å². The Balaban J connectivity index is 2.78. The standard InChI is InChI=1S/C4H3ClF2N2O/c5-1-2-8-9-4(10-2)3(6)7/h3H,1H2. The first-order chi connectivity index (χ1) is 4.74. The molecule has 1 rings (SSSR count). The van der Waals surface area contributed by atoms with E-state index in [1.165, 1.54) is 0 Å². The van der Waals surface area contributed by atoms with Gasteiger partial charge in [0.1, 0.15) is 5.88 Å². The van der Waals surface area contributed by atoms with Gasteiger partial charge >= 0.3 is 6.43 Å². The maximum Gasteiger partial charge on any atom is 0.314 e. The van der Waals surface area contributed by atoms with Crippen molar-refractivity contribution in [3.63, 3.8) is 0 Å². The third-order valence-electron chi connectivity index (χ3n) is 0.783.